The van der Waals surface area contributed by atoms with Gasteiger partial charge in [0.25, 0.3) is 11.8 Å². The fourth-order valence-corrected chi connectivity index (χ4v) is 5.01. The topological polar surface area (TPSA) is 102 Å². The zero-order chi connectivity index (χ0) is 33.5. The van der Waals surface area contributed by atoms with Crippen molar-refractivity contribution >= 4 is 17.7 Å². The molecule has 0 spiro atoms. The van der Waals surface area contributed by atoms with E-state index in [1.54, 1.807) is 16.0 Å². The second-order valence-corrected chi connectivity index (χ2v) is 11.8. The van der Waals surface area contributed by atoms with Crippen LogP contribution in [0.2, 0.25) is 0 Å². The van der Waals surface area contributed by atoms with Gasteiger partial charge in [-0.05, 0) is 67.5 Å². The van der Waals surface area contributed by atoms with E-state index in [0.29, 0.717) is 31.6 Å². The summed E-state index contributed by atoms with van der Waals surface area (Å²) in [6.07, 6.45) is 7.72. The van der Waals surface area contributed by atoms with Crippen LogP contribution in [0, 0.1) is 29.9 Å². The molecule has 0 radical (unpaired) electrons. The number of terminal acetylenes is 1. The number of carbonyl (C=O) groups excluding carboxylic acids is 3. The van der Waals surface area contributed by atoms with Crippen LogP contribution in [0.15, 0.2) is 36.4 Å². The number of rotatable bonds is 18. The highest BCUT2D eigenvalue weighted by molar-refractivity contribution is 6.00. The number of hydrogen-bond donors (Lipinski definition) is 3. The zero-order valence-electron chi connectivity index (χ0n) is 27.2. The molecule has 246 valence electrons. The van der Waals surface area contributed by atoms with Gasteiger partial charge < -0.3 is 15.3 Å². The van der Waals surface area contributed by atoms with Crippen molar-refractivity contribution in [2.45, 2.75) is 85.3 Å². The molecule has 0 saturated carbocycles. The number of nitrogens with zero attached hydrogens (tertiary/aromatic N) is 2. The Hall–Kier alpha value is -3.81. The van der Waals surface area contributed by atoms with Crippen LogP contribution in [0.4, 0.5) is 8.78 Å². The van der Waals surface area contributed by atoms with Crippen LogP contribution in [-0.2, 0) is 11.2 Å². The Morgan fingerprint density at radius 1 is 0.911 bits per heavy atom. The van der Waals surface area contributed by atoms with Gasteiger partial charge in [-0.2, -0.15) is 0 Å². The molecule has 0 fully saturated rings. The molecule has 8 nitrogen and oxygen atoms in total. The second-order valence-electron chi connectivity index (χ2n) is 11.8. The molecule has 2 aromatic rings. The minimum Gasteiger partial charge on any atom is -0.390 e. The van der Waals surface area contributed by atoms with Crippen LogP contribution in [0.25, 0.3) is 0 Å². The third kappa shape index (κ3) is 12.6. The molecule has 2 atom stereocenters. The number of hydrazine groups is 1. The summed E-state index contributed by atoms with van der Waals surface area (Å²) in [5.74, 6) is -0.0272. The Balaban J connectivity index is 2.42. The van der Waals surface area contributed by atoms with E-state index in [1.165, 1.54) is 12.1 Å². The summed E-state index contributed by atoms with van der Waals surface area (Å²) in [7, 11) is 0. The average Bonchev–Trinajstić information content (AvgIpc) is 2.97. The van der Waals surface area contributed by atoms with Crippen LogP contribution < -0.4 is 10.7 Å². The molecule has 0 aliphatic rings. The van der Waals surface area contributed by atoms with Crippen molar-refractivity contribution in [2.75, 3.05) is 26.2 Å². The SMILES string of the molecule is C#Cc1cc(C(=O)NC(Cc2cc(F)cc(F)c2)C(O)CN(CCCC)NC(=O)CC(C)C)cc(C(=O)N(CCC)CCC)c1. The quantitative estimate of drug-likeness (QED) is 0.158. The Labute approximate surface area is 266 Å². The molecule has 2 unspecified atom stereocenters. The number of halogens is 2. The van der Waals surface area contributed by atoms with Gasteiger partial charge in [-0.3, -0.25) is 19.8 Å². The summed E-state index contributed by atoms with van der Waals surface area (Å²) in [4.78, 5) is 41.3. The summed E-state index contributed by atoms with van der Waals surface area (Å²) < 4.78 is 28.2. The lowest BCUT2D eigenvalue weighted by Gasteiger charge is -2.31. The van der Waals surface area contributed by atoms with E-state index in [9.17, 15) is 28.3 Å². The van der Waals surface area contributed by atoms with E-state index in [1.807, 2.05) is 34.6 Å². The number of benzene rings is 2. The van der Waals surface area contributed by atoms with E-state index in [2.05, 4.69) is 16.7 Å². The first-order valence-corrected chi connectivity index (χ1v) is 15.8. The van der Waals surface area contributed by atoms with Crippen LogP contribution in [-0.4, -0.2) is 71.1 Å². The van der Waals surface area contributed by atoms with E-state index in [0.717, 1.165) is 43.9 Å². The molecule has 10 heteroatoms. The minimum absolute atomic E-state index is 0.0519. The molecule has 0 heterocycles. The third-order valence-corrected chi connectivity index (χ3v) is 7.11. The van der Waals surface area contributed by atoms with E-state index in [4.69, 9.17) is 6.42 Å². The average molecular weight is 627 g/mol. The predicted molar refractivity (Wildman–Crippen MR) is 172 cm³/mol. The maximum Gasteiger partial charge on any atom is 0.253 e. The second kappa shape index (κ2) is 18.9. The van der Waals surface area contributed by atoms with E-state index < -0.39 is 29.7 Å². The van der Waals surface area contributed by atoms with Crippen LogP contribution in [0.1, 0.15) is 98.6 Å². The van der Waals surface area contributed by atoms with Crippen LogP contribution >= 0.6 is 0 Å². The van der Waals surface area contributed by atoms with E-state index in [-0.39, 0.29) is 47.4 Å². The molecular weight excluding hydrogens is 578 g/mol. The van der Waals surface area contributed by atoms with Gasteiger partial charge in [0.2, 0.25) is 5.91 Å². The number of carbonyl (C=O) groups is 3. The summed E-state index contributed by atoms with van der Waals surface area (Å²) in [6, 6.07) is 6.50. The Morgan fingerprint density at radius 2 is 1.53 bits per heavy atom. The number of unbranched alkanes of at least 4 members (excludes halogenated alkanes) is 1. The highest BCUT2D eigenvalue weighted by Gasteiger charge is 2.27. The predicted octanol–water partition coefficient (Wildman–Crippen LogP) is 5.09. The molecule has 3 N–H and O–H groups in total. The summed E-state index contributed by atoms with van der Waals surface area (Å²) >= 11 is 0. The number of hydrogen-bond acceptors (Lipinski definition) is 5. The fraction of sp³-hybridized carbons (Fsp3) is 0.514. The first-order valence-electron chi connectivity index (χ1n) is 15.8. The molecule has 2 rings (SSSR count). The smallest absolute Gasteiger partial charge is 0.253 e. The van der Waals surface area contributed by atoms with Crippen molar-refractivity contribution in [3.05, 3.63) is 70.3 Å². The number of aliphatic hydroxyl groups excluding tert-OH is 1. The summed E-state index contributed by atoms with van der Waals surface area (Å²) in [5, 5.41) is 15.8. The van der Waals surface area contributed by atoms with Crippen molar-refractivity contribution in [2.24, 2.45) is 5.92 Å². The molecule has 0 aliphatic carbocycles. The minimum atomic E-state index is -1.25. The maximum atomic E-state index is 14.1. The lowest BCUT2D eigenvalue weighted by atomic mass is 9.99. The van der Waals surface area contributed by atoms with Gasteiger partial charge in [-0.15, -0.1) is 6.42 Å². The van der Waals surface area contributed by atoms with Gasteiger partial charge in [0.1, 0.15) is 11.6 Å². The van der Waals surface area contributed by atoms with Gasteiger partial charge in [0, 0.05) is 55.4 Å². The first kappa shape index (κ1) is 37.4. The van der Waals surface area contributed by atoms with E-state index >= 15 is 0 Å². The van der Waals surface area contributed by atoms with Crippen LogP contribution in [0.5, 0.6) is 0 Å². The fourth-order valence-electron chi connectivity index (χ4n) is 5.01. The van der Waals surface area contributed by atoms with Crippen molar-refractivity contribution in [1.82, 2.24) is 20.7 Å². The van der Waals surface area contributed by atoms with Crippen molar-refractivity contribution < 1.29 is 28.3 Å². The van der Waals surface area contributed by atoms with Gasteiger partial charge >= 0.3 is 0 Å². The molecule has 0 bridgehead atoms. The number of nitrogens with one attached hydrogen (secondary N) is 2. The molecule has 2 aromatic carbocycles. The highest BCUT2D eigenvalue weighted by Crippen LogP contribution is 2.17. The molecule has 0 aromatic heterocycles. The lowest BCUT2D eigenvalue weighted by molar-refractivity contribution is -0.127. The number of amides is 3. The third-order valence-electron chi connectivity index (χ3n) is 7.11. The Kier molecular flexibility index (Phi) is 15.7. The van der Waals surface area contributed by atoms with Gasteiger partial charge in [0.15, 0.2) is 0 Å². The molecule has 3 amide bonds. The molecule has 0 aliphatic heterocycles. The molecule has 45 heavy (non-hydrogen) atoms. The van der Waals surface area contributed by atoms with Crippen molar-refractivity contribution in [3.63, 3.8) is 0 Å². The zero-order valence-corrected chi connectivity index (χ0v) is 27.2. The first-order chi connectivity index (χ1) is 21.4. The standard InChI is InChI=1S/C35H48F2N4O4/c1-7-11-14-41(39-33(43)15-24(5)6)23-32(42)31(20-26-18-29(36)22-30(37)19-26)38-34(44)27-16-25(10-4)17-28(21-27)35(45)40(12-8-2)13-9-3/h4,16-19,21-22,24,31-32,42H,7-9,11-15,20,23H2,1-3,5-6H3,(H,38,44)(H,39,43). The maximum absolute atomic E-state index is 14.1. The summed E-state index contributed by atoms with van der Waals surface area (Å²) in [6.45, 7) is 11.3. The van der Waals surface area contributed by atoms with Crippen molar-refractivity contribution in [1.29, 1.82) is 0 Å². The Bertz CT molecular complexity index is 1300. The van der Waals surface area contributed by atoms with Crippen molar-refractivity contribution in [3.8, 4) is 12.3 Å². The van der Waals surface area contributed by atoms with Gasteiger partial charge in [-0.25, -0.2) is 13.8 Å². The number of aliphatic hydroxyl groups is 1. The highest BCUT2D eigenvalue weighted by atomic mass is 19.1. The monoisotopic (exact) mass is 626 g/mol. The van der Waals surface area contributed by atoms with Gasteiger partial charge in [-0.1, -0.05) is 47.0 Å². The summed E-state index contributed by atoms with van der Waals surface area (Å²) in [5.41, 5.74) is 3.77. The normalized spacial score (nSPS) is 12.5. The molecule has 0 saturated heterocycles. The molecular formula is C35H48F2N4O4. The van der Waals surface area contributed by atoms with Crippen LogP contribution in [0.3, 0.4) is 0 Å². The largest absolute Gasteiger partial charge is 0.390 e. The van der Waals surface area contributed by atoms with Gasteiger partial charge in [0.05, 0.1) is 12.1 Å². The Morgan fingerprint density at radius 3 is 2.09 bits per heavy atom. The lowest BCUT2D eigenvalue weighted by Crippen LogP contribution is -2.53.